The van der Waals surface area contributed by atoms with Crippen LogP contribution in [0, 0.1) is 11.3 Å². The number of halogens is 7. The Morgan fingerprint density at radius 2 is 1.52 bits per heavy atom. The molecule has 2 aromatic rings. The van der Waals surface area contributed by atoms with Crippen LogP contribution < -0.4 is 19.2 Å². The molecule has 1 heterocycles. The Kier molecular flexibility index (Phi) is 7.34. The Labute approximate surface area is 175 Å². The summed E-state index contributed by atoms with van der Waals surface area (Å²) in [4.78, 5) is 19.2. The smallest absolute Gasteiger partial charge is 0.422 e. The van der Waals surface area contributed by atoms with Gasteiger partial charge in [-0.05, 0) is 24.3 Å². The van der Waals surface area contributed by atoms with Crippen molar-refractivity contribution in [2.75, 3.05) is 22.9 Å². The van der Waals surface area contributed by atoms with Gasteiger partial charge in [0, 0.05) is 11.8 Å². The van der Waals surface area contributed by atoms with Gasteiger partial charge in [0.1, 0.15) is 0 Å². The third-order valence-corrected chi connectivity index (χ3v) is 3.42. The average molecular weight is 470 g/mol. The van der Waals surface area contributed by atoms with Gasteiger partial charge in [-0.3, -0.25) is 5.32 Å². The molecule has 0 unspecified atom stereocenters. The normalized spacial score (nSPS) is 11.4. The van der Waals surface area contributed by atoms with Crippen molar-refractivity contribution in [3.05, 3.63) is 35.9 Å². The molecule has 1 aromatic carbocycles. The van der Waals surface area contributed by atoms with Gasteiger partial charge in [0.25, 0.3) is 0 Å². The summed E-state index contributed by atoms with van der Waals surface area (Å²) in [6.07, 6.45) is -9.52. The molecule has 166 valence electrons. The first kappa shape index (κ1) is 23.8. The van der Waals surface area contributed by atoms with Crippen molar-refractivity contribution >= 4 is 29.4 Å². The highest BCUT2D eigenvalue weighted by Crippen LogP contribution is 2.24. The molecule has 0 atom stereocenters. The summed E-state index contributed by atoms with van der Waals surface area (Å²) in [6, 6.07) is 6.65. The Balaban J connectivity index is 2.21. The number of carbonyl (C=O) groups is 1. The molecule has 8 nitrogen and oxygen atoms in total. The first-order chi connectivity index (χ1) is 14.4. The van der Waals surface area contributed by atoms with Gasteiger partial charge < -0.3 is 9.47 Å². The van der Waals surface area contributed by atoms with Gasteiger partial charge in [0.2, 0.25) is 17.7 Å². The summed E-state index contributed by atoms with van der Waals surface area (Å²) in [7, 11) is 0. The summed E-state index contributed by atoms with van der Waals surface area (Å²) in [5.74, 6) is -2.35. The molecule has 0 fully saturated rings. The molecular formula is C16H10ClF6N5O3. The number of nitrogens with zero attached hydrogens (tertiary/aromatic N) is 4. The van der Waals surface area contributed by atoms with Gasteiger partial charge in [-0.25, -0.2) is 9.21 Å². The predicted molar refractivity (Wildman–Crippen MR) is 93.6 cm³/mol. The fourth-order valence-corrected chi connectivity index (χ4v) is 2.00. The number of urea groups is 1. The number of amides is 2. The quantitative estimate of drug-likeness (QED) is 0.496. The molecule has 1 N–H and O–H groups in total. The van der Waals surface area contributed by atoms with E-state index in [2.05, 4.69) is 19.4 Å². The van der Waals surface area contributed by atoms with E-state index in [1.54, 1.807) is 0 Å². The Bertz CT molecular complexity index is 926. The molecule has 31 heavy (non-hydrogen) atoms. The lowest BCUT2D eigenvalue weighted by Crippen LogP contribution is -2.28. The fraction of sp³-hybridized carbons (Fsp3) is 0.250. The number of nitrogens with one attached hydrogen (secondary N) is 1. The molecule has 0 spiro atoms. The lowest BCUT2D eigenvalue weighted by atomic mass is 10.2. The third-order valence-electron chi connectivity index (χ3n) is 3.07. The van der Waals surface area contributed by atoms with Crippen LogP contribution in [-0.2, 0) is 0 Å². The van der Waals surface area contributed by atoms with Crippen molar-refractivity contribution in [3.63, 3.8) is 0 Å². The maximum atomic E-state index is 12.3. The van der Waals surface area contributed by atoms with E-state index in [0.29, 0.717) is 10.5 Å². The number of benzene rings is 1. The van der Waals surface area contributed by atoms with Gasteiger partial charge >= 0.3 is 18.4 Å². The number of hydrogen-bond donors (Lipinski definition) is 1. The number of alkyl halides is 6. The minimum atomic E-state index is -4.76. The predicted octanol–water partition coefficient (Wildman–Crippen LogP) is 4.42. The zero-order valence-corrected chi connectivity index (χ0v) is 15.7. The van der Waals surface area contributed by atoms with Crippen molar-refractivity contribution in [3.8, 4) is 17.8 Å². The van der Waals surface area contributed by atoms with Crippen LogP contribution in [0.2, 0.25) is 0 Å². The molecule has 0 saturated heterocycles. The van der Waals surface area contributed by atoms with Crippen LogP contribution >= 0.6 is 11.8 Å². The van der Waals surface area contributed by atoms with E-state index in [1.807, 2.05) is 11.4 Å². The second-order valence-electron chi connectivity index (χ2n) is 5.55. The van der Waals surface area contributed by atoms with E-state index in [9.17, 15) is 31.1 Å². The number of aromatic nitrogens is 2. The third kappa shape index (κ3) is 8.05. The van der Waals surface area contributed by atoms with Crippen molar-refractivity contribution in [1.29, 1.82) is 5.26 Å². The zero-order chi connectivity index (χ0) is 23.2. The maximum Gasteiger partial charge on any atom is 0.422 e. The highest BCUT2D eigenvalue weighted by molar-refractivity contribution is 6.37. The van der Waals surface area contributed by atoms with E-state index in [1.165, 1.54) is 24.3 Å². The van der Waals surface area contributed by atoms with Gasteiger partial charge in [-0.2, -0.15) is 41.6 Å². The van der Waals surface area contributed by atoms with Crippen molar-refractivity contribution in [2.45, 2.75) is 12.4 Å². The zero-order valence-electron chi connectivity index (χ0n) is 15.0. The lowest BCUT2D eigenvalue weighted by Gasteiger charge is -2.16. The molecular weight excluding hydrogens is 460 g/mol. The number of rotatable bonds is 6. The summed E-state index contributed by atoms with van der Waals surface area (Å²) >= 11 is 5.85. The first-order valence-electron chi connectivity index (χ1n) is 7.91. The Hall–Kier alpha value is -3.47. The Morgan fingerprint density at radius 1 is 1.03 bits per heavy atom. The second-order valence-corrected chi connectivity index (χ2v) is 5.88. The van der Waals surface area contributed by atoms with Crippen molar-refractivity contribution in [2.24, 2.45) is 0 Å². The summed E-state index contributed by atoms with van der Waals surface area (Å²) in [5, 5.41) is 10.7. The molecule has 0 bridgehead atoms. The molecule has 0 saturated carbocycles. The molecule has 0 aliphatic heterocycles. The van der Waals surface area contributed by atoms with Crippen LogP contribution in [-0.4, -0.2) is 41.6 Å². The summed E-state index contributed by atoms with van der Waals surface area (Å²) in [6.45, 7) is -3.61. The SMILES string of the molecule is N#Cc1ccc(N(Cl)C(=O)Nc2nc(OCC(F)(F)F)cc(OCC(F)(F)F)n2)cc1. The molecule has 15 heteroatoms. The van der Waals surface area contributed by atoms with Gasteiger partial charge in [-0.1, -0.05) is 0 Å². The van der Waals surface area contributed by atoms with E-state index in [0.717, 1.165) is 0 Å². The van der Waals surface area contributed by atoms with Crippen LogP contribution in [0.25, 0.3) is 0 Å². The molecule has 2 amide bonds. The van der Waals surface area contributed by atoms with Crippen LogP contribution in [0.5, 0.6) is 11.8 Å². The molecule has 0 aliphatic carbocycles. The lowest BCUT2D eigenvalue weighted by molar-refractivity contribution is -0.154. The topological polar surface area (TPSA) is 100 Å². The molecule has 0 aliphatic rings. The second kappa shape index (κ2) is 9.56. The molecule has 0 radical (unpaired) electrons. The van der Waals surface area contributed by atoms with E-state index in [-0.39, 0.29) is 11.3 Å². The number of anilines is 2. The minimum absolute atomic E-state index is 0.0937. The van der Waals surface area contributed by atoms with E-state index < -0.39 is 49.3 Å². The minimum Gasteiger partial charge on any atom is -0.468 e. The number of ether oxygens (including phenoxy) is 2. The van der Waals surface area contributed by atoms with Crippen molar-refractivity contribution < 1.29 is 40.6 Å². The summed E-state index contributed by atoms with van der Waals surface area (Å²) in [5.41, 5.74) is 0.370. The number of hydrogen-bond acceptors (Lipinski definition) is 6. The molecule has 2 rings (SSSR count). The monoisotopic (exact) mass is 469 g/mol. The van der Waals surface area contributed by atoms with Crippen molar-refractivity contribution in [1.82, 2.24) is 9.97 Å². The summed E-state index contributed by atoms with van der Waals surface area (Å²) < 4.78 is 83.3. The standard InChI is InChI=1S/C16H10ClF6N5O3/c17-28(10-3-1-9(6-24)2-4-10)14(29)27-13-25-11(30-7-15(18,19)20)5-12(26-13)31-8-16(21,22)23/h1-5H,7-8H2,(H,25,26,27,29). The van der Waals surface area contributed by atoms with Gasteiger partial charge in [0.15, 0.2) is 13.2 Å². The van der Waals surface area contributed by atoms with E-state index >= 15 is 0 Å². The number of carbonyl (C=O) groups excluding carboxylic acids is 1. The van der Waals surface area contributed by atoms with Gasteiger partial charge in [0.05, 0.1) is 23.4 Å². The van der Waals surface area contributed by atoms with Crippen LogP contribution in [0.3, 0.4) is 0 Å². The van der Waals surface area contributed by atoms with Crippen LogP contribution in [0.1, 0.15) is 5.56 Å². The highest BCUT2D eigenvalue weighted by Gasteiger charge is 2.30. The van der Waals surface area contributed by atoms with E-state index in [4.69, 9.17) is 17.0 Å². The highest BCUT2D eigenvalue weighted by atomic mass is 35.5. The first-order valence-corrected chi connectivity index (χ1v) is 8.25. The fourth-order valence-electron chi connectivity index (χ4n) is 1.85. The molecule has 1 aromatic heterocycles. The average Bonchev–Trinajstić information content (AvgIpc) is 2.69. The largest absolute Gasteiger partial charge is 0.468 e. The van der Waals surface area contributed by atoms with Crippen LogP contribution in [0.4, 0.5) is 42.8 Å². The van der Waals surface area contributed by atoms with Gasteiger partial charge in [-0.15, -0.1) is 0 Å². The van der Waals surface area contributed by atoms with Crippen LogP contribution in [0.15, 0.2) is 30.3 Å². The number of nitriles is 1. The maximum absolute atomic E-state index is 12.3. The Morgan fingerprint density at radius 3 is 1.94 bits per heavy atom.